The molecule has 1 unspecified atom stereocenters. The summed E-state index contributed by atoms with van der Waals surface area (Å²) >= 11 is 0. The van der Waals surface area contributed by atoms with Gasteiger partial charge in [-0.3, -0.25) is 0 Å². The zero-order valence-corrected chi connectivity index (χ0v) is 9.23. The van der Waals surface area contributed by atoms with Gasteiger partial charge >= 0.3 is 0 Å². The van der Waals surface area contributed by atoms with Gasteiger partial charge < -0.3 is 10.6 Å². The maximum Gasteiger partial charge on any atom is 0.00670 e. The maximum atomic E-state index is 3.70. The fourth-order valence-corrected chi connectivity index (χ4v) is 2.79. The van der Waals surface area contributed by atoms with E-state index in [2.05, 4.69) is 10.6 Å². The Labute approximate surface area is 87.8 Å². The molecular formula is C12H24N2. The smallest absolute Gasteiger partial charge is 0.00670 e. The number of hydrogen-bond acceptors (Lipinski definition) is 2. The van der Waals surface area contributed by atoms with E-state index in [9.17, 15) is 0 Å². The van der Waals surface area contributed by atoms with Crippen molar-refractivity contribution in [2.24, 2.45) is 5.92 Å². The van der Waals surface area contributed by atoms with Gasteiger partial charge in [-0.2, -0.15) is 0 Å². The Morgan fingerprint density at radius 2 is 1.93 bits per heavy atom. The van der Waals surface area contributed by atoms with Gasteiger partial charge in [-0.15, -0.1) is 0 Å². The first-order valence-electron chi connectivity index (χ1n) is 6.39. The van der Waals surface area contributed by atoms with Crippen molar-refractivity contribution in [1.29, 1.82) is 0 Å². The van der Waals surface area contributed by atoms with Crippen molar-refractivity contribution in [1.82, 2.24) is 10.6 Å². The van der Waals surface area contributed by atoms with Gasteiger partial charge in [-0.25, -0.2) is 0 Å². The Balaban J connectivity index is 1.52. The summed E-state index contributed by atoms with van der Waals surface area (Å²) in [4.78, 5) is 0. The summed E-state index contributed by atoms with van der Waals surface area (Å²) < 4.78 is 0. The van der Waals surface area contributed by atoms with E-state index in [1.807, 2.05) is 0 Å². The van der Waals surface area contributed by atoms with Crippen LogP contribution in [-0.4, -0.2) is 25.7 Å². The van der Waals surface area contributed by atoms with Crippen LogP contribution in [0.5, 0.6) is 0 Å². The largest absolute Gasteiger partial charge is 0.316 e. The van der Waals surface area contributed by atoms with E-state index in [-0.39, 0.29) is 0 Å². The summed E-state index contributed by atoms with van der Waals surface area (Å²) in [6.45, 7) is 3.75. The number of nitrogens with one attached hydrogen (secondary N) is 2. The van der Waals surface area contributed by atoms with Gasteiger partial charge in [0.2, 0.25) is 0 Å². The first-order chi connectivity index (χ1) is 6.95. The van der Waals surface area contributed by atoms with Gasteiger partial charge in [0.15, 0.2) is 0 Å². The molecule has 0 spiro atoms. The van der Waals surface area contributed by atoms with Crippen LogP contribution in [0.2, 0.25) is 0 Å². The van der Waals surface area contributed by atoms with Crippen LogP contribution in [-0.2, 0) is 0 Å². The minimum atomic E-state index is 0.853. The van der Waals surface area contributed by atoms with Crippen molar-refractivity contribution in [3.8, 4) is 0 Å². The van der Waals surface area contributed by atoms with Crippen molar-refractivity contribution >= 4 is 0 Å². The van der Waals surface area contributed by atoms with Crippen molar-refractivity contribution < 1.29 is 0 Å². The predicted molar refractivity (Wildman–Crippen MR) is 60.5 cm³/mol. The average Bonchev–Trinajstić information content (AvgIpc) is 2.72. The molecule has 1 aliphatic heterocycles. The van der Waals surface area contributed by atoms with E-state index in [4.69, 9.17) is 0 Å². The molecule has 2 heteroatoms. The second-order valence-electron chi connectivity index (χ2n) is 4.94. The molecule has 0 amide bonds. The van der Waals surface area contributed by atoms with Crippen LogP contribution in [0.1, 0.15) is 44.9 Å². The normalized spacial score (nSPS) is 29.6. The topological polar surface area (TPSA) is 24.1 Å². The molecule has 14 heavy (non-hydrogen) atoms. The van der Waals surface area contributed by atoms with Crippen LogP contribution in [0.3, 0.4) is 0 Å². The second kappa shape index (κ2) is 5.72. The minimum Gasteiger partial charge on any atom is -0.316 e. The lowest BCUT2D eigenvalue weighted by Crippen LogP contribution is -2.33. The van der Waals surface area contributed by atoms with Gasteiger partial charge in [0.1, 0.15) is 0 Å². The zero-order valence-electron chi connectivity index (χ0n) is 9.23. The Bertz CT molecular complexity index is 146. The van der Waals surface area contributed by atoms with Gasteiger partial charge in [-0.05, 0) is 57.7 Å². The lowest BCUT2D eigenvalue weighted by molar-refractivity contribution is 0.344. The molecule has 1 aliphatic carbocycles. The van der Waals surface area contributed by atoms with E-state index in [1.165, 1.54) is 64.6 Å². The molecule has 1 heterocycles. The Kier molecular flexibility index (Phi) is 4.26. The standard InChI is InChI=1S/C12H24N2/c1-2-6-12(5-1)14-9-7-11-4-3-8-13-10-11/h11-14H,1-10H2. The fraction of sp³-hybridized carbons (Fsp3) is 1.00. The summed E-state index contributed by atoms with van der Waals surface area (Å²) in [7, 11) is 0. The molecular weight excluding hydrogens is 172 g/mol. The molecule has 2 N–H and O–H groups in total. The maximum absolute atomic E-state index is 3.70. The SMILES string of the molecule is C1CNCC(CCNC2CCCC2)C1. The van der Waals surface area contributed by atoms with Crippen molar-refractivity contribution in [3.63, 3.8) is 0 Å². The van der Waals surface area contributed by atoms with Crippen LogP contribution >= 0.6 is 0 Å². The molecule has 0 radical (unpaired) electrons. The quantitative estimate of drug-likeness (QED) is 0.717. The van der Waals surface area contributed by atoms with Crippen molar-refractivity contribution in [2.45, 2.75) is 51.0 Å². The molecule has 2 fully saturated rings. The fourth-order valence-electron chi connectivity index (χ4n) is 2.79. The monoisotopic (exact) mass is 196 g/mol. The predicted octanol–water partition coefficient (Wildman–Crippen LogP) is 1.91. The molecule has 1 saturated heterocycles. The molecule has 2 rings (SSSR count). The highest BCUT2D eigenvalue weighted by Crippen LogP contribution is 2.18. The molecule has 0 aromatic rings. The number of rotatable bonds is 4. The van der Waals surface area contributed by atoms with Crippen molar-refractivity contribution in [3.05, 3.63) is 0 Å². The van der Waals surface area contributed by atoms with Gasteiger partial charge in [-0.1, -0.05) is 12.8 Å². The molecule has 82 valence electrons. The number of hydrogen-bond donors (Lipinski definition) is 2. The molecule has 0 aromatic heterocycles. The summed E-state index contributed by atoms with van der Waals surface area (Å²) in [5, 5.41) is 7.19. The van der Waals surface area contributed by atoms with Crippen LogP contribution in [0.15, 0.2) is 0 Å². The zero-order chi connectivity index (χ0) is 9.64. The first kappa shape index (κ1) is 10.4. The first-order valence-corrected chi connectivity index (χ1v) is 6.39. The summed E-state index contributed by atoms with van der Waals surface area (Å²) in [6.07, 6.45) is 9.94. The molecule has 2 aliphatic rings. The average molecular weight is 196 g/mol. The lowest BCUT2D eigenvalue weighted by Gasteiger charge is -2.23. The minimum absolute atomic E-state index is 0.853. The third-order valence-corrected chi connectivity index (χ3v) is 3.74. The van der Waals surface area contributed by atoms with E-state index in [0.717, 1.165) is 12.0 Å². The van der Waals surface area contributed by atoms with Gasteiger partial charge in [0.05, 0.1) is 0 Å². The molecule has 0 bridgehead atoms. The highest BCUT2D eigenvalue weighted by molar-refractivity contribution is 4.75. The Morgan fingerprint density at radius 1 is 1.07 bits per heavy atom. The molecule has 0 aromatic carbocycles. The third kappa shape index (κ3) is 3.25. The summed E-state index contributed by atoms with van der Waals surface area (Å²) in [5.41, 5.74) is 0. The highest BCUT2D eigenvalue weighted by Gasteiger charge is 2.16. The van der Waals surface area contributed by atoms with Crippen molar-refractivity contribution in [2.75, 3.05) is 19.6 Å². The van der Waals surface area contributed by atoms with Crippen LogP contribution in [0, 0.1) is 5.92 Å². The molecule has 2 nitrogen and oxygen atoms in total. The van der Waals surface area contributed by atoms with Crippen LogP contribution in [0.4, 0.5) is 0 Å². The summed E-state index contributed by atoms with van der Waals surface area (Å²) in [6, 6.07) is 0.853. The van der Waals surface area contributed by atoms with Gasteiger partial charge in [0.25, 0.3) is 0 Å². The van der Waals surface area contributed by atoms with E-state index in [0.29, 0.717) is 0 Å². The molecule has 1 saturated carbocycles. The Hall–Kier alpha value is -0.0800. The third-order valence-electron chi connectivity index (χ3n) is 3.74. The van der Waals surface area contributed by atoms with Crippen LogP contribution in [0.25, 0.3) is 0 Å². The van der Waals surface area contributed by atoms with E-state index in [1.54, 1.807) is 0 Å². The molecule has 1 atom stereocenters. The van der Waals surface area contributed by atoms with E-state index >= 15 is 0 Å². The second-order valence-corrected chi connectivity index (χ2v) is 4.94. The lowest BCUT2D eigenvalue weighted by atomic mass is 9.96. The van der Waals surface area contributed by atoms with E-state index < -0.39 is 0 Å². The summed E-state index contributed by atoms with van der Waals surface area (Å²) in [5.74, 6) is 0.942. The van der Waals surface area contributed by atoms with Gasteiger partial charge in [0, 0.05) is 6.04 Å². The Morgan fingerprint density at radius 3 is 2.64 bits per heavy atom. The highest BCUT2D eigenvalue weighted by atomic mass is 14.9. The number of piperidine rings is 1. The van der Waals surface area contributed by atoms with Crippen LogP contribution < -0.4 is 10.6 Å².